The Hall–Kier alpha value is -2.00. The molecule has 0 fully saturated rings. The lowest BCUT2D eigenvalue weighted by molar-refractivity contribution is 0.183. The zero-order valence-electron chi connectivity index (χ0n) is 12.8. The second kappa shape index (κ2) is 5.03. The van der Waals surface area contributed by atoms with Gasteiger partial charge in [-0.05, 0) is 65.8 Å². The molecule has 0 saturated carbocycles. The van der Waals surface area contributed by atoms with E-state index in [1.54, 1.807) is 12.1 Å². The third kappa shape index (κ3) is 1.92. The van der Waals surface area contributed by atoms with Crippen LogP contribution in [0.15, 0.2) is 30.3 Å². The molecule has 2 N–H and O–H groups in total. The van der Waals surface area contributed by atoms with Crippen LogP contribution in [0.25, 0.3) is 11.1 Å². The van der Waals surface area contributed by atoms with Gasteiger partial charge in [-0.15, -0.1) is 0 Å². The SMILES string of the molecule is CCCN1CCc2cccc3c2C1Cc1cc(O)c(O)cc1-3. The predicted octanol–water partition coefficient (Wildman–Crippen LogP) is 3.63. The summed E-state index contributed by atoms with van der Waals surface area (Å²) >= 11 is 0. The van der Waals surface area contributed by atoms with Crippen molar-refractivity contribution in [3.05, 3.63) is 47.0 Å². The first-order chi connectivity index (χ1) is 10.7. The van der Waals surface area contributed by atoms with Gasteiger partial charge in [0.1, 0.15) is 0 Å². The van der Waals surface area contributed by atoms with Crippen LogP contribution in [0.4, 0.5) is 0 Å². The van der Waals surface area contributed by atoms with E-state index in [1.165, 1.54) is 16.7 Å². The largest absolute Gasteiger partial charge is 0.504 e. The Bertz CT molecular complexity index is 738. The van der Waals surface area contributed by atoms with Crippen molar-refractivity contribution in [1.82, 2.24) is 4.90 Å². The van der Waals surface area contributed by atoms with E-state index in [0.717, 1.165) is 43.5 Å². The third-order valence-corrected chi connectivity index (χ3v) is 5.05. The molecule has 1 atom stereocenters. The molecule has 1 aliphatic carbocycles. The number of phenolic OH excluding ortho intramolecular Hbond substituents is 2. The predicted molar refractivity (Wildman–Crippen MR) is 87.2 cm³/mol. The summed E-state index contributed by atoms with van der Waals surface area (Å²) in [5, 5.41) is 19.7. The van der Waals surface area contributed by atoms with Crippen LogP contribution >= 0.6 is 0 Å². The molecule has 2 aromatic carbocycles. The molecule has 3 nitrogen and oxygen atoms in total. The second-order valence-corrected chi connectivity index (χ2v) is 6.38. The normalized spacial score (nSPS) is 19.6. The Morgan fingerprint density at radius 2 is 1.91 bits per heavy atom. The molecule has 114 valence electrons. The molecular formula is C19H21NO2. The average Bonchev–Trinajstić information content (AvgIpc) is 2.52. The molecule has 0 bridgehead atoms. The van der Waals surface area contributed by atoms with Crippen molar-refractivity contribution < 1.29 is 10.2 Å². The molecule has 0 radical (unpaired) electrons. The summed E-state index contributed by atoms with van der Waals surface area (Å²) in [6.45, 7) is 4.44. The van der Waals surface area contributed by atoms with Gasteiger partial charge in [-0.3, -0.25) is 4.90 Å². The number of hydrogen-bond donors (Lipinski definition) is 2. The maximum atomic E-state index is 9.88. The van der Waals surface area contributed by atoms with Gasteiger partial charge in [0.15, 0.2) is 11.5 Å². The number of aromatic hydroxyl groups is 2. The summed E-state index contributed by atoms with van der Waals surface area (Å²) in [5.74, 6) is -0.0489. The summed E-state index contributed by atoms with van der Waals surface area (Å²) in [5.41, 5.74) is 6.29. The van der Waals surface area contributed by atoms with E-state index in [-0.39, 0.29) is 11.5 Å². The van der Waals surface area contributed by atoms with E-state index in [0.29, 0.717) is 6.04 Å². The first-order valence-electron chi connectivity index (χ1n) is 8.10. The van der Waals surface area contributed by atoms with E-state index >= 15 is 0 Å². The maximum Gasteiger partial charge on any atom is 0.158 e. The Kier molecular flexibility index (Phi) is 3.12. The number of nitrogens with zero attached hydrogens (tertiary/aromatic N) is 1. The van der Waals surface area contributed by atoms with Crippen molar-refractivity contribution in [1.29, 1.82) is 0 Å². The highest BCUT2D eigenvalue weighted by Crippen LogP contribution is 2.47. The topological polar surface area (TPSA) is 43.7 Å². The Labute approximate surface area is 130 Å². The van der Waals surface area contributed by atoms with Crippen molar-refractivity contribution in [2.45, 2.75) is 32.2 Å². The van der Waals surface area contributed by atoms with E-state index in [9.17, 15) is 10.2 Å². The van der Waals surface area contributed by atoms with Crippen LogP contribution < -0.4 is 0 Å². The molecule has 0 saturated heterocycles. The van der Waals surface area contributed by atoms with Gasteiger partial charge in [0.25, 0.3) is 0 Å². The maximum absolute atomic E-state index is 9.88. The highest BCUT2D eigenvalue weighted by molar-refractivity contribution is 5.77. The molecular weight excluding hydrogens is 274 g/mol. The fourth-order valence-corrected chi connectivity index (χ4v) is 4.10. The van der Waals surface area contributed by atoms with Crippen LogP contribution in [-0.4, -0.2) is 28.2 Å². The van der Waals surface area contributed by atoms with Crippen molar-refractivity contribution in [2.24, 2.45) is 0 Å². The molecule has 0 amide bonds. The Balaban J connectivity index is 1.92. The molecule has 4 rings (SSSR count). The number of fused-ring (bicyclic) bond motifs is 2. The molecule has 1 aliphatic heterocycles. The molecule has 2 aliphatic rings. The number of benzene rings is 2. The van der Waals surface area contributed by atoms with Crippen molar-refractivity contribution >= 4 is 0 Å². The molecule has 0 aromatic heterocycles. The minimum atomic E-state index is -0.0315. The summed E-state index contributed by atoms with van der Waals surface area (Å²) < 4.78 is 0. The highest BCUT2D eigenvalue weighted by atomic mass is 16.3. The summed E-state index contributed by atoms with van der Waals surface area (Å²) in [6, 6.07) is 10.3. The lowest BCUT2D eigenvalue weighted by Gasteiger charge is -2.41. The van der Waals surface area contributed by atoms with Gasteiger partial charge in [0.05, 0.1) is 0 Å². The molecule has 1 heterocycles. The van der Waals surface area contributed by atoms with E-state index in [2.05, 4.69) is 30.0 Å². The fourth-order valence-electron chi connectivity index (χ4n) is 4.10. The van der Waals surface area contributed by atoms with Crippen molar-refractivity contribution in [3.8, 4) is 22.6 Å². The van der Waals surface area contributed by atoms with Gasteiger partial charge in [-0.1, -0.05) is 25.1 Å². The lowest BCUT2D eigenvalue weighted by Crippen LogP contribution is -2.38. The summed E-state index contributed by atoms with van der Waals surface area (Å²) in [4.78, 5) is 2.57. The third-order valence-electron chi connectivity index (χ3n) is 5.05. The van der Waals surface area contributed by atoms with Gasteiger partial charge in [0, 0.05) is 12.6 Å². The minimum absolute atomic E-state index is 0.0174. The van der Waals surface area contributed by atoms with Crippen molar-refractivity contribution in [2.75, 3.05) is 13.1 Å². The van der Waals surface area contributed by atoms with Gasteiger partial charge in [-0.25, -0.2) is 0 Å². The van der Waals surface area contributed by atoms with Crippen LogP contribution in [0.2, 0.25) is 0 Å². The minimum Gasteiger partial charge on any atom is -0.504 e. The number of rotatable bonds is 2. The highest BCUT2D eigenvalue weighted by Gasteiger charge is 2.34. The first kappa shape index (κ1) is 13.6. The average molecular weight is 295 g/mol. The molecule has 2 aromatic rings. The second-order valence-electron chi connectivity index (χ2n) is 6.38. The lowest BCUT2D eigenvalue weighted by atomic mass is 9.77. The standard InChI is InChI=1S/C19H21NO2/c1-2-7-20-8-6-12-4-3-5-14-15-11-18(22)17(21)10-13(15)9-16(20)19(12)14/h3-5,10-11,16,21-22H,2,6-9H2,1H3. The van der Waals surface area contributed by atoms with E-state index in [1.807, 2.05) is 0 Å². The quantitative estimate of drug-likeness (QED) is 0.832. The zero-order valence-corrected chi connectivity index (χ0v) is 12.8. The van der Waals surface area contributed by atoms with Crippen LogP contribution in [0.3, 0.4) is 0 Å². The van der Waals surface area contributed by atoms with Gasteiger partial charge < -0.3 is 10.2 Å². The number of phenols is 2. The molecule has 1 unspecified atom stereocenters. The Morgan fingerprint density at radius 1 is 1.09 bits per heavy atom. The van der Waals surface area contributed by atoms with E-state index in [4.69, 9.17) is 0 Å². The van der Waals surface area contributed by atoms with Crippen LogP contribution in [0.5, 0.6) is 11.5 Å². The molecule has 0 spiro atoms. The van der Waals surface area contributed by atoms with Crippen molar-refractivity contribution in [3.63, 3.8) is 0 Å². The number of hydrogen-bond acceptors (Lipinski definition) is 3. The fraction of sp³-hybridized carbons (Fsp3) is 0.368. The van der Waals surface area contributed by atoms with Crippen LogP contribution in [0.1, 0.15) is 36.1 Å². The first-order valence-corrected chi connectivity index (χ1v) is 8.10. The van der Waals surface area contributed by atoms with Gasteiger partial charge >= 0.3 is 0 Å². The molecule has 22 heavy (non-hydrogen) atoms. The Morgan fingerprint density at radius 3 is 2.73 bits per heavy atom. The molecule has 3 heteroatoms. The smallest absolute Gasteiger partial charge is 0.158 e. The zero-order chi connectivity index (χ0) is 15.3. The van der Waals surface area contributed by atoms with Crippen LogP contribution in [-0.2, 0) is 12.8 Å². The monoisotopic (exact) mass is 295 g/mol. The summed E-state index contributed by atoms with van der Waals surface area (Å²) in [6.07, 6.45) is 3.16. The van der Waals surface area contributed by atoms with E-state index < -0.39 is 0 Å². The van der Waals surface area contributed by atoms with Crippen LogP contribution in [0, 0.1) is 0 Å². The van der Waals surface area contributed by atoms with Gasteiger partial charge in [0.2, 0.25) is 0 Å². The summed E-state index contributed by atoms with van der Waals surface area (Å²) in [7, 11) is 0. The van der Waals surface area contributed by atoms with Gasteiger partial charge in [-0.2, -0.15) is 0 Å².